The molecule has 1 fully saturated rings. The number of anilines is 2. The maximum Gasteiger partial charge on any atom is 0.231 e. The number of aromatic nitrogens is 1. The van der Waals surface area contributed by atoms with Crippen LogP contribution in [0.25, 0.3) is 0 Å². The van der Waals surface area contributed by atoms with Gasteiger partial charge in [-0.1, -0.05) is 11.6 Å². The molecule has 2 N–H and O–H groups in total. The SMILES string of the molecule is COc1cc(OC)c(N2C[C@H](C(=O)Nc3ncccc3O)CC2=O)cc1Cl. The first-order valence-electron chi connectivity index (χ1n) is 8.11. The number of nitrogens with zero attached hydrogens (tertiary/aromatic N) is 2. The summed E-state index contributed by atoms with van der Waals surface area (Å²) in [5.74, 6) is -0.506. The van der Waals surface area contributed by atoms with Gasteiger partial charge in [0.25, 0.3) is 0 Å². The van der Waals surface area contributed by atoms with E-state index in [1.54, 1.807) is 18.2 Å². The summed E-state index contributed by atoms with van der Waals surface area (Å²) in [5, 5.41) is 12.6. The van der Waals surface area contributed by atoms with Crippen molar-refractivity contribution in [3.8, 4) is 17.2 Å². The molecular formula is C18H18ClN3O5. The summed E-state index contributed by atoms with van der Waals surface area (Å²) in [7, 11) is 2.95. The lowest BCUT2D eigenvalue weighted by Crippen LogP contribution is -2.28. The van der Waals surface area contributed by atoms with E-state index >= 15 is 0 Å². The Balaban J connectivity index is 1.80. The van der Waals surface area contributed by atoms with Gasteiger partial charge in [-0.3, -0.25) is 9.59 Å². The zero-order valence-corrected chi connectivity index (χ0v) is 15.5. The molecule has 0 unspecified atom stereocenters. The van der Waals surface area contributed by atoms with Crippen LogP contribution in [-0.4, -0.2) is 42.7 Å². The second kappa shape index (κ2) is 7.71. The van der Waals surface area contributed by atoms with Crippen molar-refractivity contribution in [2.45, 2.75) is 6.42 Å². The van der Waals surface area contributed by atoms with Gasteiger partial charge in [0.2, 0.25) is 11.8 Å². The molecule has 142 valence electrons. The summed E-state index contributed by atoms with van der Waals surface area (Å²) in [4.78, 5) is 30.3. The molecule has 1 aromatic heterocycles. The highest BCUT2D eigenvalue weighted by atomic mass is 35.5. The molecule has 9 heteroatoms. The van der Waals surface area contributed by atoms with Gasteiger partial charge in [-0.2, -0.15) is 0 Å². The number of carbonyl (C=O) groups excluding carboxylic acids is 2. The van der Waals surface area contributed by atoms with Crippen LogP contribution >= 0.6 is 11.6 Å². The van der Waals surface area contributed by atoms with Gasteiger partial charge in [0, 0.05) is 25.2 Å². The van der Waals surface area contributed by atoms with Gasteiger partial charge in [-0.25, -0.2) is 4.98 Å². The molecule has 0 bridgehead atoms. The van der Waals surface area contributed by atoms with Crippen molar-refractivity contribution in [3.05, 3.63) is 35.5 Å². The van der Waals surface area contributed by atoms with Gasteiger partial charge in [0.15, 0.2) is 11.6 Å². The highest BCUT2D eigenvalue weighted by Crippen LogP contribution is 2.40. The highest BCUT2D eigenvalue weighted by Gasteiger charge is 2.37. The number of rotatable bonds is 5. The molecule has 1 aliphatic heterocycles. The van der Waals surface area contributed by atoms with Crippen LogP contribution in [0.3, 0.4) is 0 Å². The zero-order chi connectivity index (χ0) is 19.6. The summed E-state index contributed by atoms with van der Waals surface area (Å²) in [6, 6.07) is 6.12. The quantitative estimate of drug-likeness (QED) is 0.811. The van der Waals surface area contributed by atoms with Crippen LogP contribution in [0.15, 0.2) is 30.5 Å². The van der Waals surface area contributed by atoms with Crippen molar-refractivity contribution in [1.29, 1.82) is 0 Å². The van der Waals surface area contributed by atoms with E-state index in [0.29, 0.717) is 22.2 Å². The normalized spacial score (nSPS) is 16.3. The number of aromatic hydroxyl groups is 1. The minimum absolute atomic E-state index is 0.0201. The van der Waals surface area contributed by atoms with Gasteiger partial charge in [-0.15, -0.1) is 0 Å². The smallest absolute Gasteiger partial charge is 0.231 e. The topological polar surface area (TPSA) is 101 Å². The predicted octanol–water partition coefficient (Wildman–Crippen LogP) is 2.45. The molecule has 1 aliphatic rings. The molecule has 0 spiro atoms. The van der Waals surface area contributed by atoms with Crippen LogP contribution < -0.4 is 19.7 Å². The van der Waals surface area contributed by atoms with Crippen LogP contribution in [0, 0.1) is 5.92 Å². The largest absolute Gasteiger partial charge is 0.504 e. The molecule has 27 heavy (non-hydrogen) atoms. The fourth-order valence-electron chi connectivity index (χ4n) is 2.88. The standard InChI is InChI=1S/C18H18ClN3O5/c1-26-14-8-15(27-2)12(7-11(14)19)22-9-10(6-16(22)24)18(25)21-17-13(23)4-3-5-20-17/h3-5,7-8,10,23H,6,9H2,1-2H3,(H,20,21,25)/t10-/m1/s1. The predicted molar refractivity (Wildman–Crippen MR) is 99.5 cm³/mol. The molecule has 1 saturated heterocycles. The fraction of sp³-hybridized carbons (Fsp3) is 0.278. The van der Waals surface area contributed by atoms with E-state index in [1.807, 2.05) is 0 Å². The molecule has 1 atom stereocenters. The lowest BCUT2D eigenvalue weighted by atomic mass is 10.1. The Kier molecular flexibility index (Phi) is 5.36. The van der Waals surface area contributed by atoms with Crippen LogP contribution in [-0.2, 0) is 9.59 Å². The Labute approximate surface area is 160 Å². The zero-order valence-electron chi connectivity index (χ0n) is 14.7. The van der Waals surface area contributed by atoms with Crippen LogP contribution in [0.4, 0.5) is 11.5 Å². The van der Waals surface area contributed by atoms with Crippen molar-refractivity contribution < 1.29 is 24.2 Å². The average Bonchev–Trinajstić information content (AvgIpc) is 3.05. The van der Waals surface area contributed by atoms with E-state index in [2.05, 4.69) is 10.3 Å². The van der Waals surface area contributed by atoms with Crippen LogP contribution in [0.5, 0.6) is 17.2 Å². The summed E-state index contributed by atoms with van der Waals surface area (Å²) < 4.78 is 10.5. The molecule has 3 rings (SSSR count). The van der Waals surface area contributed by atoms with Crippen LogP contribution in [0.2, 0.25) is 5.02 Å². The first-order chi connectivity index (χ1) is 12.9. The van der Waals surface area contributed by atoms with E-state index in [9.17, 15) is 14.7 Å². The number of ether oxygens (including phenoxy) is 2. The third kappa shape index (κ3) is 3.75. The average molecular weight is 392 g/mol. The van der Waals surface area contributed by atoms with E-state index in [4.69, 9.17) is 21.1 Å². The number of nitrogens with one attached hydrogen (secondary N) is 1. The number of benzene rings is 1. The van der Waals surface area contributed by atoms with Crippen molar-refractivity contribution in [1.82, 2.24) is 4.98 Å². The first kappa shape index (κ1) is 18.8. The monoisotopic (exact) mass is 391 g/mol. The fourth-order valence-corrected chi connectivity index (χ4v) is 3.12. The maximum absolute atomic E-state index is 12.5. The number of hydrogen-bond acceptors (Lipinski definition) is 6. The third-order valence-electron chi connectivity index (χ3n) is 4.27. The van der Waals surface area contributed by atoms with Crippen molar-refractivity contribution >= 4 is 34.9 Å². The lowest BCUT2D eigenvalue weighted by Gasteiger charge is -2.21. The molecule has 0 radical (unpaired) electrons. The molecule has 1 aromatic carbocycles. The molecule has 2 amide bonds. The lowest BCUT2D eigenvalue weighted by molar-refractivity contribution is -0.122. The van der Waals surface area contributed by atoms with E-state index in [1.165, 1.54) is 31.4 Å². The Bertz CT molecular complexity index is 889. The minimum atomic E-state index is -0.607. The second-order valence-corrected chi connectivity index (χ2v) is 6.33. The third-order valence-corrected chi connectivity index (χ3v) is 4.56. The number of pyridine rings is 1. The summed E-state index contributed by atoms with van der Waals surface area (Å²) in [6.07, 6.45) is 1.47. The summed E-state index contributed by atoms with van der Waals surface area (Å²) in [5.41, 5.74) is 0.462. The highest BCUT2D eigenvalue weighted by molar-refractivity contribution is 6.32. The minimum Gasteiger partial charge on any atom is -0.504 e. The van der Waals surface area contributed by atoms with Gasteiger partial charge in [0.1, 0.15) is 11.5 Å². The van der Waals surface area contributed by atoms with Gasteiger partial charge in [0.05, 0.1) is 30.8 Å². The van der Waals surface area contributed by atoms with Gasteiger partial charge < -0.3 is 24.8 Å². The van der Waals surface area contributed by atoms with Gasteiger partial charge >= 0.3 is 0 Å². The van der Waals surface area contributed by atoms with E-state index in [-0.39, 0.29) is 30.4 Å². The summed E-state index contributed by atoms with van der Waals surface area (Å²) in [6.45, 7) is 0.150. The number of halogens is 1. The van der Waals surface area contributed by atoms with E-state index in [0.717, 1.165) is 0 Å². The Morgan fingerprint density at radius 1 is 1.33 bits per heavy atom. The van der Waals surface area contributed by atoms with Crippen LogP contribution in [0.1, 0.15) is 6.42 Å². The maximum atomic E-state index is 12.5. The summed E-state index contributed by atoms with van der Waals surface area (Å²) >= 11 is 6.17. The Morgan fingerprint density at radius 3 is 2.74 bits per heavy atom. The number of carbonyl (C=O) groups is 2. The Morgan fingerprint density at radius 2 is 2.07 bits per heavy atom. The van der Waals surface area contributed by atoms with E-state index < -0.39 is 11.8 Å². The number of amides is 2. The van der Waals surface area contributed by atoms with Crippen molar-refractivity contribution in [3.63, 3.8) is 0 Å². The molecule has 0 saturated carbocycles. The molecule has 0 aliphatic carbocycles. The van der Waals surface area contributed by atoms with Crippen molar-refractivity contribution in [2.75, 3.05) is 31.0 Å². The molecule has 8 nitrogen and oxygen atoms in total. The Hall–Kier alpha value is -3.00. The molecular weight excluding hydrogens is 374 g/mol. The molecule has 2 aromatic rings. The molecule has 2 heterocycles. The number of hydrogen-bond donors (Lipinski definition) is 2. The van der Waals surface area contributed by atoms with Crippen molar-refractivity contribution in [2.24, 2.45) is 5.92 Å². The first-order valence-corrected chi connectivity index (χ1v) is 8.49. The second-order valence-electron chi connectivity index (χ2n) is 5.92. The van der Waals surface area contributed by atoms with Gasteiger partial charge in [-0.05, 0) is 18.2 Å². The number of methoxy groups -OCH3 is 2.